The van der Waals surface area contributed by atoms with Gasteiger partial charge in [0.15, 0.2) is 5.65 Å². The van der Waals surface area contributed by atoms with Crippen LogP contribution in [0.3, 0.4) is 0 Å². The van der Waals surface area contributed by atoms with Crippen LogP contribution in [0.5, 0.6) is 0 Å². The Labute approximate surface area is 192 Å². The Morgan fingerprint density at radius 3 is 2.45 bits per heavy atom. The topological polar surface area (TPSA) is 101 Å². The highest BCUT2D eigenvalue weighted by atomic mass is 32.2. The van der Waals surface area contributed by atoms with Gasteiger partial charge >= 0.3 is 0 Å². The Hall–Kier alpha value is -3.28. The van der Waals surface area contributed by atoms with Crippen molar-refractivity contribution in [3.63, 3.8) is 0 Å². The number of rotatable bonds is 6. The van der Waals surface area contributed by atoms with Crippen molar-refractivity contribution in [2.45, 2.75) is 6.54 Å². The number of nitrogens with zero attached hydrogens (tertiary/aromatic N) is 7. The first-order valence-corrected chi connectivity index (χ1v) is 12.6. The quantitative estimate of drug-likeness (QED) is 0.464. The summed E-state index contributed by atoms with van der Waals surface area (Å²) in [5.41, 5.74) is 4.77. The van der Waals surface area contributed by atoms with Crippen LogP contribution in [0.25, 0.3) is 16.9 Å². The molecule has 10 nitrogen and oxygen atoms in total. The fourth-order valence-electron chi connectivity index (χ4n) is 4.05. The van der Waals surface area contributed by atoms with Gasteiger partial charge in [0.1, 0.15) is 0 Å². The van der Waals surface area contributed by atoms with Gasteiger partial charge in [-0.3, -0.25) is 9.58 Å². The van der Waals surface area contributed by atoms with E-state index in [-0.39, 0.29) is 0 Å². The molecule has 1 aliphatic rings. The molecule has 0 atom stereocenters. The zero-order valence-corrected chi connectivity index (χ0v) is 19.4. The third-order valence-corrected chi connectivity index (χ3v) is 7.08. The van der Waals surface area contributed by atoms with E-state index in [1.807, 2.05) is 36.0 Å². The summed E-state index contributed by atoms with van der Waals surface area (Å²) in [6.45, 7) is 3.35. The lowest BCUT2D eigenvalue weighted by Gasteiger charge is -2.33. The lowest BCUT2D eigenvalue weighted by atomic mass is 10.1. The zero-order chi connectivity index (χ0) is 23.0. The van der Waals surface area contributed by atoms with Gasteiger partial charge < -0.3 is 5.32 Å². The molecule has 0 spiro atoms. The molecule has 4 heterocycles. The molecule has 1 N–H and O–H groups in total. The lowest BCUT2D eigenvalue weighted by molar-refractivity contribution is 0.182. The van der Waals surface area contributed by atoms with Crippen LogP contribution < -0.4 is 5.32 Å². The molecule has 172 valence electrons. The van der Waals surface area contributed by atoms with Crippen molar-refractivity contribution < 1.29 is 8.42 Å². The van der Waals surface area contributed by atoms with Crippen LogP contribution in [0.4, 0.5) is 11.6 Å². The zero-order valence-electron chi connectivity index (χ0n) is 18.6. The number of hydrogen-bond acceptors (Lipinski definition) is 7. The predicted octanol–water partition coefficient (Wildman–Crippen LogP) is 1.95. The van der Waals surface area contributed by atoms with E-state index in [1.54, 1.807) is 15.2 Å². The van der Waals surface area contributed by atoms with Gasteiger partial charge in [0, 0.05) is 51.5 Å². The van der Waals surface area contributed by atoms with E-state index in [9.17, 15) is 8.42 Å². The molecule has 0 amide bonds. The molecule has 1 aromatic carbocycles. The van der Waals surface area contributed by atoms with Gasteiger partial charge in [0.2, 0.25) is 16.0 Å². The maximum Gasteiger partial charge on any atom is 0.247 e. The van der Waals surface area contributed by atoms with Crippen molar-refractivity contribution in [2.75, 3.05) is 37.8 Å². The van der Waals surface area contributed by atoms with E-state index in [2.05, 4.69) is 49.7 Å². The highest BCUT2D eigenvalue weighted by Gasteiger charge is 2.23. The average Bonchev–Trinajstić information content (AvgIpc) is 3.39. The Bertz CT molecular complexity index is 1370. The van der Waals surface area contributed by atoms with Crippen molar-refractivity contribution >= 4 is 27.3 Å². The van der Waals surface area contributed by atoms with E-state index in [0.717, 1.165) is 42.2 Å². The van der Waals surface area contributed by atoms with Crippen LogP contribution in [0.1, 0.15) is 5.56 Å². The SMILES string of the molecule is Cn1cc(Nc2nc3cccc(-c4ccc(CN5CCN(S(C)(=O)=O)CC5)cc4)n3n2)cn1. The van der Waals surface area contributed by atoms with Crippen molar-refractivity contribution in [2.24, 2.45) is 7.05 Å². The monoisotopic (exact) mass is 466 g/mol. The summed E-state index contributed by atoms with van der Waals surface area (Å²) in [5.74, 6) is 0.514. The van der Waals surface area contributed by atoms with Crippen LogP contribution >= 0.6 is 0 Å². The Morgan fingerprint density at radius 1 is 1.03 bits per heavy atom. The van der Waals surface area contributed by atoms with Crippen LogP contribution in [-0.2, 0) is 23.6 Å². The number of pyridine rings is 1. The van der Waals surface area contributed by atoms with E-state index >= 15 is 0 Å². The van der Waals surface area contributed by atoms with Crippen molar-refractivity contribution in [3.05, 3.63) is 60.4 Å². The van der Waals surface area contributed by atoms with Gasteiger partial charge in [0.25, 0.3) is 0 Å². The standard InChI is InChI=1S/C22H26N8O2S/c1-27-16-19(14-23-27)24-22-25-21-5-3-4-20(30(21)26-22)18-8-6-17(7-9-18)15-28-10-12-29(13-11-28)33(2,31)32/h3-9,14,16H,10-13,15H2,1-2H3,(H,24,26). The number of fused-ring (bicyclic) bond motifs is 1. The van der Waals surface area contributed by atoms with Crippen molar-refractivity contribution in [1.29, 1.82) is 0 Å². The Morgan fingerprint density at radius 2 is 1.79 bits per heavy atom. The summed E-state index contributed by atoms with van der Waals surface area (Å²) in [4.78, 5) is 6.85. The highest BCUT2D eigenvalue weighted by molar-refractivity contribution is 7.88. The van der Waals surface area contributed by atoms with Gasteiger partial charge in [-0.15, -0.1) is 5.10 Å². The molecule has 0 aliphatic carbocycles. The smallest absolute Gasteiger partial charge is 0.247 e. The summed E-state index contributed by atoms with van der Waals surface area (Å²) < 4.78 is 28.5. The molecular formula is C22H26N8O2S. The molecule has 0 radical (unpaired) electrons. The van der Waals surface area contributed by atoms with Gasteiger partial charge in [-0.25, -0.2) is 12.9 Å². The molecule has 1 aliphatic heterocycles. The van der Waals surface area contributed by atoms with Crippen LogP contribution in [0.15, 0.2) is 54.9 Å². The second-order valence-corrected chi connectivity index (χ2v) is 10.3. The molecule has 3 aromatic heterocycles. The summed E-state index contributed by atoms with van der Waals surface area (Å²) in [6, 6.07) is 14.3. The molecule has 5 rings (SSSR count). The number of aromatic nitrogens is 5. The number of anilines is 2. The Balaban J connectivity index is 1.30. The largest absolute Gasteiger partial charge is 0.320 e. The maximum absolute atomic E-state index is 11.7. The minimum absolute atomic E-state index is 0.514. The molecule has 1 fully saturated rings. The summed E-state index contributed by atoms with van der Waals surface area (Å²) in [5, 5.41) is 12.0. The third-order valence-electron chi connectivity index (χ3n) is 5.78. The number of benzene rings is 1. The first-order chi connectivity index (χ1) is 15.8. The van der Waals surface area contributed by atoms with E-state index in [1.165, 1.54) is 11.8 Å². The van der Waals surface area contributed by atoms with Gasteiger partial charge in [-0.05, 0) is 17.7 Å². The number of sulfonamides is 1. The summed E-state index contributed by atoms with van der Waals surface area (Å²) in [7, 11) is -1.25. The molecule has 11 heteroatoms. The molecule has 0 unspecified atom stereocenters. The van der Waals surface area contributed by atoms with Crippen molar-refractivity contribution in [3.8, 4) is 11.3 Å². The molecular weight excluding hydrogens is 440 g/mol. The number of piperazine rings is 1. The molecule has 4 aromatic rings. The maximum atomic E-state index is 11.7. The molecule has 33 heavy (non-hydrogen) atoms. The first-order valence-electron chi connectivity index (χ1n) is 10.7. The van der Waals surface area contributed by atoms with Crippen LogP contribution in [-0.4, -0.2) is 74.4 Å². The normalized spacial score (nSPS) is 15.8. The minimum atomic E-state index is -3.11. The third kappa shape index (κ3) is 4.75. The van der Waals surface area contributed by atoms with Crippen LogP contribution in [0.2, 0.25) is 0 Å². The van der Waals surface area contributed by atoms with Crippen LogP contribution in [0, 0.1) is 0 Å². The summed E-state index contributed by atoms with van der Waals surface area (Å²) >= 11 is 0. The van der Waals surface area contributed by atoms with Crippen molar-refractivity contribution in [1.82, 2.24) is 33.6 Å². The molecule has 0 saturated carbocycles. The van der Waals surface area contributed by atoms with Gasteiger partial charge in [-0.2, -0.15) is 14.4 Å². The van der Waals surface area contributed by atoms with Gasteiger partial charge in [0.05, 0.1) is 23.8 Å². The number of nitrogens with one attached hydrogen (secondary N) is 1. The van der Waals surface area contributed by atoms with E-state index in [0.29, 0.717) is 19.0 Å². The molecule has 1 saturated heterocycles. The average molecular weight is 467 g/mol. The second kappa shape index (κ2) is 8.58. The minimum Gasteiger partial charge on any atom is -0.320 e. The number of aryl methyl sites for hydroxylation is 1. The second-order valence-electron chi connectivity index (χ2n) is 8.28. The summed E-state index contributed by atoms with van der Waals surface area (Å²) in [6.07, 6.45) is 4.87. The van der Waals surface area contributed by atoms with E-state index < -0.39 is 10.0 Å². The van der Waals surface area contributed by atoms with Gasteiger partial charge in [-0.1, -0.05) is 30.3 Å². The molecule has 0 bridgehead atoms. The lowest BCUT2D eigenvalue weighted by Crippen LogP contribution is -2.47. The fourth-order valence-corrected chi connectivity index (χ4v) is 4.88. The van der Waals surface area contributed by atoms with E-state index in [4.69, 9.17) is 0 Å². The number of hydrogen-bond donors (Lipinski definition) is 1. The predicted molar refractivity (Wildman–Crippen MR) is 127 cm³/mol. The first kappa shape index (κ1) is 21.6. The fraction of sp³-hybridized carbons (Fsp3) is 0.318. The highest BCUT2D eigenvalue weighted by Crippen LogP contribution is 2.23. The Kier molecular flexibility index (Phi) is 5.60.